The van der Waals surface area contributed by atoms with Crippen molar-refractivity contribution in [2.75, 3.05) is 6.26 Å². The molecule has 1 heterocycles. The number of sulfone groups is 1. The van der Waals surface area contributed by atoms with E-state index in [4.69, 9.17) is 10.3 Å². The van der Waals surface area contributed by atoms with Gasteiger partial charge in [-0.1, -0.05) is 17.3 Å². The standard InChI is InChI=1S/C11H13N3O3S/c1-18(15,16)7-10-13-11(17-14-10)9-4-2-8(6-12)3-5-9/h2-5H,6-7,12H2,1H3. The summed E-state index contributed by atoms with van der Waals surface area (Å²) in [5.74, 6) is 0.241. The molecule has 6 nitrogen and oxygen atoms in total. The van der Waals surface area contributed by atoms with Crippen molar-refractivity contribution in [3.8, 4) is 11.5 Å². The molecule has 0 aliphatic carbocycles. The van der Waals surface area contributed by atoms with Crippen molar-refractivity contribution < 1.29 is 12.9 Å². The lowest BCUT2D eigenvalue weighted by Crippen LogP contribution is -2.02. The highest BCUT2D eigenvalue weighted by atomic mass is 32.2. The number of aromatic nitrogens is 2. The SMILES string of the molecule is CS(=O)(=O)Cc1noc(-c2ccc(CN)cc2)n1. The lowest BCUT2D eigenvalue weighted by molar-refractivity contribution is 0.424. The van der Waals surface area contributed by atoms with Crippen LogP contribution in [0.3, 0.4) is 0 Å². The normalized spacial score (nSPS) is 11.7. The summed E-state index contributed by atoms with van der Waals surface area (Å²) >= 11 is 0. The second kappa shape index (κ2) is 4.87. The third-order valence-electron chi connectivity index (χ3n) is 2.30. The Bertz CT molecular complexity index is 632. The second-order valence-electron chi connectivity index (χ2n) is 3.99. The summed E-state index contributed by atoms with van der Waals surface area (Å²) < 4.78 is 27.2. The van der Waals surface area contributed by atoms with Gasteiger partial charge in [-0.2, -0.15) is 4.98 Å². The van der Waals surface area contributed by atoms with Crippen LogP contribution < -0.4 is 5.73 Å². The molecule has 0 unspecified atom stereocenters. The van der Waals surface area contributed by atoms with Crippen LogP contribution in [0.15, 0.2) is 28.8 Å². The molecule has 2 aromatic rings. The second-order valence-corrected chi connectivity index (χ2v) is 6.13. The number of benzene rings is 1. The maximum absolute atomic E-state index is 11.1. The molecule has 96 valence electrons. The quantitative estimate of drug-likeness (QED) is 0.877. The van der Waals surface area contributed by atoms with Crippen LogP contribution in [0.25, 0.3) is 11.5 Å². The lowest BCUT2D eigenvalue weighted by Gasteiger charge is -1.97. The van der Waals surface area contributed by atoms with Crippen LogP contribution in [0.5, 0.6) is 0 Å². The zero-order valence-electron chi connectivity index (χ0n) is 9.83. The van der Waals surface area contributed by atoms with E-state index in [1.54, 1.807) is 12.1 Å². The molecule has 2 N–H and O–H groups in total. The van der Waals surface area contributed by atoms with Crippen molar-refractivity contribution >= 4 is 9.84 Å². The van der Waals surface area contributed by atoms with E-state index in [0.717, 1.165) is 17.4 Å². The van der Waals surface area contributed by atoms with Gasteiger partial charge in [0.15, 0.2) is 15.7 Å². The number of hydrogen-bond acceptors (Lipinski definition) is 6. The lowest BCUT2D eigenvalue weighted by atomic mass is 10.1. The summed E-state index contributed by atoms with van der Waals surface area (Å²) in [6.07, 6.45) is 1.12. The van der Waals surface area contributed by atoms with Gasteiger partial charge >= 0.3 is 0 Å². The van der Waals surface area contributed by atoms with Crippen LogP contribution in [0.1, 0.15) is 11.4 Å². The molecule has 0 saturated heterocycles. The Morgan fingerprint density at radius 2 is 1.94 bits per heavy atom. The first-order valence-corrected chi connectivity index (χ1v) is 7.34. The van der Waals surface area contributed by atoms with Crippen molar-refractivity contribution in [3.63, 3.8) is 0 Å². The Kier molecular flexibility index (Phi) is 3.44. The Morgan fingerprint density at radius 1 is 1.28 bits per heavy atom. The van der Waals surface area contributed by atoms with Crippen molar-refractivity contribution in [1.82, 2.24) is 10.1 Å². The van der Waals surface area contributed by atoms with Gasteiger partial charge in [0.05, 0.1) is 0 Å². The van der Waals surface area contributed by atoms with Gasteiger partial charge in [-0.25, -0.2) is 8.42 Å². The van der Waals surface area contributed by atoms with Crippen LogP contribution in [0, 0.1) is 0 Å². The van der Waals surface area contributed by atoms with Gasteiger partial charge in [-0.3, -0.25) is 0 Å². The monoisotopic (exact) mass is 267 g/mol. The topological polar surface area (TPSA) is 99.1 Å². The minimum absolute atomic E-state index is 0.162. The number of nitrogens with two attached hydrogens (primary N) is 1. The van der Waals surface area contributed by atoms with E-state index in [1.807, 2.05) is 12.1 Å². The summed E-state index contributed by atoms with van der Waals surface area (Å²) in [7, 11) is -3.16. The number of hydrogen-bond donors (Lipinski definition) is 1. The van der Waals surface area contributed by atoms with Crippen molar-refractivity contribution in [3.05, 3.63) is 35.7 Å². The molecule has 1 aromatic carbocycles. The Balaban J connectivity index is 2.23. The summed E-state index contributed by atoms with van der Waals surface area (Å²) in [5.41, 5.74) is 7.22. The van der Waals surface area contributed by atoms with Crippen molar-refractivity contribution in [1.29, 1.82) is 0 Å². The van der Waals surface area contributed by atoms with Gasteiger partial charge in [0.2, 0.25) is 0 Å². The molecule has 0 aliphatic heterocycles. The zero-order valence-corrected chi connectivity index (χ0v) is 10.6. The average molecular weight is 267 g/mol. The average Bonchev–Trinajstić information content (AvgIpc) is 2.75. The smallest absolute Gasteiger partial charge is 0.257 e. The molecule has 0 aliphatic rings. The minimum Gasteiger partial charge on any atom is -0.334 e. The largest absolute Gasteiger partial charge is 0.334 e. The summed E-state index contributed by atoms with van der Waals surface area (Å²) in [6, 6.07) is 7.32. The third kappa shape index (κ3) is 3.14. The van der Waals surface area contributed by atoms with Crippen molar-refractivity contribution in [2.45, 2.75) is 12.3 Å². The fourth-order valence-corrected chi connectivity index (χ4v) is 2.03. The predicted molar refractivity (Wildman–Crippen MR) is 66.2 cm³/mol. The van der Waals surface area contributed by atoms with E-state index in [1.165, 1.54) is 0 Å². The summed E-state index contributed by atoms with van der Waals surface area (Å²) in [4.78, 5) is 4.03. The molecule has 0 bridgehead atoms. The Morgan fingerprint density at radius 3 is 2.50 bits per heavy atom. The Hall–Kier alpha value is -1.73. The molecule has 0 atom stereocenters. The van der Waals surface area contributed by atoms with Crippen LogP contribution in [-0.2, 0) is 22.1 Å². The first-order chi connectivity index (χ1) is 8.48. The number of rotatable bonds is 4. The van der Waals surface area contributed by atoms with Gasteiger partial charge in [-0.05, 0) is 17.7 Å². The number of nitrogens with zero attached hydrogens (tertiary/aromatic N) is 2. The molecule has 0 radical (unpaired) electrons. The van der Waals surface area contributed by atoms with Gasteiger partial charge in [0.25, 0.3) is 5.89 Å². The van der Waals surface area contributed by atoms with Crippen LogP contribution in [0.4, 0.5) is 0 Å². The first kappa shape index (κ1) is 12.7. The van der Waals surface area contributed by atoms with Crippen LogP contribution in [0.2, 0.25) is 0 Å². The van der Waals surface area contributed by atoms with Crippen molar-refractivity contribution in [2.24, 2.45) is 5.73 Å². The van der Waals surface area contributed by atoms with Crippen LogP contribution in [-0.4, -0.2) is 24.8 Å². The molecule has 0 amide bonds. The molecular formula is C11H13N3O3S. The summed E-state index contributed by atoms with van der Waals surface area (Å²) in [5, 5.41) is 3.63. The maximum Gasteiger partial charge on any atom is 0.257 e. The highest BCUT2D eigenvalue weighted by Gasteiger charge is 2.13. The fourth-order valence-electron chi connectivity index (χ4n) is 1.45. The van der Waals surface area contributed by atoms with Gasteiger partial charge in [-0.15, -0.1) is 0 Å². The minimum atomic E-state index is -3.16. The molecule has 0 spiro atoms. The molecule has 2 rings (SSSR count). The maximum atomic E-state index is 11.1. The molecule has 0 fully saturated rings. The van der Waals surface area contributed by atoms with Gasteiger partial charge in [0.1, 0.15) is 5.75 Å². The van der Waals surface area contributed by atoms with Gasteiger partial charge in [0, 0.05) is 18.4 Å². The fraction of sp³-hybridized carbons (Fsp3) is 0.273. The molecular weight excluding hydrogens is 254 g/mol. The van der Waals surface area contributed by atoms with E-state index in [2.05, 4.69) is 10.1 Å². The van der Waals surface area contributed by atoms with E-state index in [0.29, 0.717) is 12.4 Å². The first-order valence-electron chi connectivity index (χ1n) is 5.27. The van der Waals surface area contributed by atoms with E-state index < -0.39 is 9.84 Å². The highest BCUT2D eigenvalue weighted by Crippen LogP contribution is 2.18. The van der Waals surface area contributed by atoms with E-state index >= 15 is 0 Å². The molecule has 0 saturated carbocycles. The molecule has 18 heavy (non-hydrogen) atoms. The Labute approximate surface area is 105 Å². The van der Waals surface area contributed by atoms with Crippen LogP contribution >= 0.6 is 0 Å². The molecule has 1 aromatic heterocycles. The van der Waals surface area contributed by atoms with Gasteiger partial charge < -0.3 is 10.3 Å². The van der Waals surface area contributed by atoms with E-state index in [9.17, 15) is 8.42 Å². The summed E-state index contributed by atoms with van der Waals surface area (Å²) in [6.45, 7) is 0.462. The molecule has 7 heteroatoms. The predicted octanol–water partition coefficient (Wildman–Crippen LogP) is 0.740. The zero-order chi connectivity index (χ0) is 13.2. The highest BCUT2D eigenvalue weighted by molar-refractivity contribution is 7.89. The third-order valence-corrected chi connectivity index (χ3v) is 3.08. The van der Waals surface area contributed by atoms with E-state index in [-0.39, 0.29) is 11.6 Å².